The maximum Gasteiger partial charge on any atom is 0.262 e. The number of nitrogens with one attached hydrogen (secondary N) is 2. The summed E-state index contributed by atoms with van der Waals surface area (Å²) in [6.07, 6.45) is 0.691. The smallest absolute Gasteiger partial charge is 0.262 e. The first-order valence-electron chi connectivity index (χ1n) is 7.85. The molecule has 0 atom stereocenters. The van der Waals surface area contributed by atoms with E-state index in [2.05, 4.69) is 10.0 Å². The molecular formula is C17H17FN2O5S. The number of ether oxygens (including phenoxy) is 2. The van der Waals surface area contributed by atoms with E-state index < -0.39 is 15.8 Å². The van der Waals surface area contributed by atoms with E-state index in [0.717, 1.165) is 6.07 Å². The number of anilines is 2. The van der Waals surface area contributed by atoms with Crippen LogP contribution in [0.25, 0.3) is 0 Å². The molecule has 2 aromatic rings. The highest BCUT2D eigenvalue weighted by Gasteiger charge is 2.20. The molecule has 0 fully saturated rings. The van der Waals surface area contributed by atoms with E-state index >= 15 is 0 Å². The SMILES string of the molecule is CC(=O)Nc1ccc(F)c(NS(=O)(=O)c2ccc3c(c2)OCCCO3)c1. The van der Waals surface area contributed by atoms with E-state index in [1.54, 1.807) is 0 Å². The van der Waals surface area contributed by atoms with Crippen molar-refractivity contribution in [1.82, 2.24) is 0 Å². The second-order valence-electron chi connectivity index (χ2n) is 5.64. The number of hydrogen-bond acceptors (Lipinski definition) is 5. The second-order valence-corrected chi connectivity index (χ2v) is 7.32. The number of sulfonamides is 1. The van der Waals surface area contributed by atoms with Crippen LogP contribution in [0, 0.1) is 5.82 Å². The van der Waals surface area contributed by atoms with E-state index in [0.29, 0.717) is 31.1 Å². The minimum absolute atomic E-state index is 0.0916. The van der Waals surface area contributed by atoms with Crippen molar-refractivity contribution in [3.05, 3.63) is 42.2 Å². The van der Waals surface area contributed by atoms with Crippen molar-refractivity contribution in [2.45, 2.75) is 18.2 Å². The van der Waals surface area contributed by atoms with E-state index in [1.807, 2.05) is 0 Å². The standard InChI is InChI=1S/C17H17FN2O5S/c1-11(21)19-12-3-5-14(18)15(9-12)20-26(22,23)13-4-6-16-17(10-13)25-8-2-7-24-16/h3-6,9-10,20H,2,7-8H2,1H3,(H,19,21). The van der Waals surface area contributed by atoms with Crippen LogP contribution in [0.3, 0.4) is 0 Å². The van der Waals surface area contributed by atoms with E-state index in [1.165, 1.54) is 37.3 Å². The Kier molecular flexibility index (Phi) is 4.99. The van der Waals surface area contributed by atoms with E-state index in [-0.39, 0.29) is 22.2 Å². The van der Waals surface area contributed by atoms with Gasteiger partial charge in [-0.15, -0.1) is 0 Å². The highest BCUT2D eigenvalue weighted by molar-refractivity contribution is 7.92. The number of carbonyl (C=O) groups is 1. The zero-order valence-corrected chi connectivity index (χ0v) is 14.7. The Morgan fingerprint density at radius 3 is 2.54 bits per heavy atom. The number of fused-ring (bicyclic) bond motifs is 1. The van der Waals surface area contributed by atoms with Crippen LogP contribution in [0.2, 0.25) is 0 Å². The van der Waals surface area contributed by atoms with Gasteiger partial charge >= 0.3 is 0 Å². The van der Waals surface area contributed by atoms with Gasteiger partial charge in [0.05, 0.1) is 23.8 Å². The highest BCUT2D eigenvalue weighted by Crippen LogP contribution is 2.33. The first-order chi connectivity index (χ1) is 12.3. The lowest BCUT2D eigenvalue weighted by Gasteiger charge is -2.13. The Morgan fingerprint density at radius 1 is 1.08 bits per heavy atom. The van der Waals surface area contributed by atoms with Gasteiger partial charge in [0.1, 0.15) is 5.82 Å². The summed E-state index contributed by atoms with van der Waals surface area (Å²) in [6.45, 7) is 2.20. The van der Waals surface area contributed by atoms with Gasteiger partial charge in [0.2, 0.25) is 5.91 Å². The molecule has 0 unspecified atom stereocenters. The largest absolute Gasteiger partial charge is 0.490 e. The Bertz CT molecular complexity index is 946. The van der Waals surface area contributed by atoms with Crippen molar-refractivity contribution in [3.63, 3.8) is 0 Å². The molecule has 0 radical (unpaired) electrons. The number of carbonyl (C=O) groups excluding carboxylic acids is 1. The van der Waals surface area contributed by atoms with Crippen LogP contribution in [0.5, 0.6) is 11.5 Å². The van der Waals surface area contributed by atoms with Gasteiger partial charge in [0, 0.05) is 25.1 Å². The van der Waals surface area contributed by atoms with Gasteiger partial charge in [-0.1, -0.05) is 0 Å². The molecule has 2 N–H and O–H groups in total. The van der Waals surface area contributed by atoms with Crippen LogP contribution in [0.1, 0.15) is 13.3 Å². The second kappa shape index (κ2) is 7.20. The predicted octanol–water partition coefficient (Wildman–Crippen LogP) is 2.75. The summed E-state index contributed by atoms with van der Waals surface area (Å²) in [7, 11) is -4.06. The third kappa shape index (κ3) is 4.05. The molecule has 1 aliphatic heterocycles. The summed E-state index contributed by atoms with van der Waals surface area (Å²) >= 11 is 0. The summed E-state index contributed by atoms with van der Waals surface area (Å²) in [5.41, 5.74) is -0.00127. The molecule has 7 nitrogen and oxygen atoms in total. The topological polar surface area (TPSA) is 93.7 Å². The summed E-state index contributed by atoms with van der Waals surface area (Å²) in [6, 6.07) is 7.79. The van der Waals surface area contributed by atoms with Gasteiger partial charge in [-0.3, -0.25) is 9.52 Å². The fourth-order valence-electron chi connectivity index (χ4n) is 2.40. The van der Waals surface area contributed by atoms with Gasteiger partial charge in [-0.2, -0.15) is 0 Å². The van der Waals surface area contributed by atoms with Gasteiger partial charge in [0.15, 0.2) is 11.5 Å². The summed E-state index contributed by atoms with van der Waals surface area (Å²) in [4.78, 5) is 11.0. The Hall–Kier alpha value is -2.81. The van der Waals surface area contributed by atoms with Crippen LogP contribution >= 0.6 is 0 Å². The maximum absolute atomic E-state index is 14.0. The molecule has 0 saturated carbocycles. The number of amides is 1. The molecule has 1 aliphatic rings. The molecule has 1 amide bonds. The molecule has 0 aliphatic carbocycles. The fourth-order valence-corrected chi connectivity index (χ4v) is 3.47. The normalized spacial score (nSPS) is 13.6. The van der Waals surface area contributed by atoms with Crippen molar-refractivity contribution in [3.8, 4) is 11.5 Å². The molecule has 3 rings (SSSR count). The molecule has 0 bridgehead atoms. The van der Waals surface area contributed by atoms with Gasteiger partial charge < -0.3 is 14.8 Å². The summed E-state index contributed by atoms with van der Waals surface area (Å²) in [5.74, 6) is -0.344. The zero-order valence-electron chi connectivity index (χ0n) is 13.9. The average molecular weight is 380 g/mol. The lowest BCUT2D eigenvalue weighted by atomic mass is 10.2. The Balaban J connectivity index is 1.90. The monoisotopic (exact) mass is 380 g/mol. The minimum Gasteiger partial charge on any atom is -0.490 e. The van der Waals surface area contributed by atoms with E-state index in [9.17, 15) is 17.6 Å². The maximum atomic E-state index is 14.0. The van der Waals surface area contributed by atoms with Crippen LogP contribution < -0.4 is 19.5 Å². The highest BCUT2D eigenvalue weighted by atomic mass is 32.2. The molecule has 9 heteroatoms. The van der Waals surface area contributed by atoms with Crippen LogP contribution in [-0.2, 0) is 14.8 Å². The minimum atomic E-state index is -4.06. The lowest BCUT2D eigenvalue weighted by Crippen LogP contribution is -2.15. The Morgan fingerprint density at radius 2 is 1.81 bits per heavy atom. The molecule has 0 saturated heterocycles. The molecule has 0 spiro atoms. The van der Waals surface area contributed by atoms with Crippen molar-refractivity contribution >= 4 is 27.3 Å². The van der Waals surface area contributed by atoms with Crippen LogP contribution in [-0.4, -0.2) is 27.5 Å². The fraction of sp³-hybridized carbons (Fsp3) is 0.235. The number of hydrogen-bond donors (Lipinski definition) is 2. The number of halogens is 1. The molecular weight excluding hydrogens is 363 g/mol. The van der Waals surface area contributed by atoms with Gasteiger partial charge in [-0.05, 0) is 30.3 Å². The van der Waals surface area contributed by atoms with Gasteiger partial charge in [-0.25, -0.2) is 12.8 Å². The van der Waals surface area contributed by atoms with Crippen LogP contribution in [0.15, 0.2) is 41.3 Å². The van der Waals surface area contributed by atoms with E-state index in [4.69, 9.17) is 9.47 Å². The van der Waals surface area contributed by atoms with Crippen LogP contribution in [0.4, 0.5) is 15.8 Å². The third-order valence-corrected chi connectivity index (χ3v) is 4.92. The first kappa shape index (κ1) is 18.0. The molecule has 2 aromatic carbocycles. The number of rotatable bonds is 4. The summed E-state index contributed by atoms with van der Waals surface area (Å²) < 4.78 is 52.3. The van der Waals surface area contributed by atoms with Crippen molar-refractivity contribution in [2.24, 2.45) is 0 Å². The van der Waals surface area contributed by atoms with Crippen molar-refractivity contribution < 1.29 is 27.1 Å². The lowest BCUT2D eigenvalue weighted by molar-refractivity contribution is -0.114. The Labute approximate surface area is 150 Å². The quantitative estimate of drug-likeness (QED) is 0.851. The third-order valence-electron chi connectivity index (χ3n) is 3.56. The summed E-state index contributed by atoms with van der Waals surface area (Å²) in [5, 5.41) is 2.47. The predicted molar refractivity (Wildman–Crippen MR) is 93.6 cm³/mol. The van der Waals surface area contributed by atoms with Crippen molar-refractivity contribution in [2.75, 3.05) is 23.3 Å². The average Bonchev–Trinajstić information content (AvgIpc) is 2.82. The molecule has 138 valence electrons. The molecule has 0 aromatic heterocycles. The van der Waals surface area contributed by atoms with Gasteiger partial charge in [0.25, 0.3) is 10.0 Å². The molecule has 1 heterocycles. The first-order valence-corrected chi connectivity index (χ1v) is 9.33. The zero-order chi connectivity index (χ0) is 18.7. The molecule has 26 heavy (non-hydrogen) atoms. The number of benzene rings is 2. The van der Waals surface area contributed by atoms with Crippen molar-refractivity contribution in [1.29, 1.82) is 0 Å².